The molecular weight excluding hydrogens is 601 g/mol. The Morgan fingerprint density at radius 3 is 2.38 bits per heavy atom. The van der Waals surface area contributed by atoms with Gasteiger partial charge >= 0.3 is 0 Å². The van der Waals surface area contributed by atoms with Gasteiger partial charge in [-0.05, 0) is 35.1 Å². The van der Waals surface area contributed by atoms with E-state index in [0.717, 1.165) is 38.7 Å². The summed E-state index contributed by atoms with van der Waals surface area (Å²) in [7, 11) is 0. The van der Waals surface area contributed by atoms with Gasteiger partial charge < -0.3 is 13.4 Å². The second-order valence-corrected chi connectivity index (χ2v) is 9.17. The minimum absolute atomic E-state index is 0. The normalized spacial score (nSPS) is 11.8. The van der Waals surface area contributed by atoms with Gasteiger partial charge in [-0.25, -0.2) is 0 Å². The molecule has 1 radical (unpaired) electrons. The SMILES string of the molecule is CC(C)c1cc2oc3oc4ccccc4c3c2c(C(C)C)c1-n1ccnc1-c1[c-]cccc1.[Ir]. The fraction of sp³-hybridized carbons (Fsp3) is 0.207. The van der Waals surface area contributed by atoms with E-state index in [0.29, 0.717) is 11.7 Å². The molecule has 0 spiro atoms. The van der Waals surface area contributed by atoms with Crippen LogP contribution < -0.4 is 0 Å². The van der Waals surface area contributed by atoms with Gasteiger partial charge in [0.05, 0.1) is 11.2 Å². The fourth-order valence-electron chi connectivity index (χ4n) is 4.94. The van der Waals surface area contributed by atoms with Crippen molar-refractivity contribution < 1.29 is 28.9 Å². The minimum atomic E-state index is 0. The van der Waals surface area contributed by atoms with Crippen molar-refractivity contribution in [3.05, 3.63) is 84.2 Å². The molecule has 0 unspecified atom stereocenters. The predicted molar refractivity (Wildman–Crippen MR) is 133 cm³/mol. The van der Waals surface area contributed by atoms with Crippen LogP contribution in [0.4, 0.5) is 0 Å². The number of furan rings is 2. The average Bonchev–Trinajstić information content (AvgIpc) is 3.51. The summed E-state index contributed by atoms with van der Waals surface area (Å²) in [5, 5.41) is 3.26. The molecule has 0 aliphatic rings. The van der Waals surface area contributed by atoms with Crippen molar-refractivity contribution >= 4 is 33.1 Å². The van der Waals surface area contributed by atoms with Crippen LogP contribution in [0.5, 0.6) is 0 Å². The van der Waals surface area contributed by atoms with Gasteiger partial charge in [-0.15, -0.1) is 35.9 Å². The number of nitrogens with zero attached hydrogens (tertiary/aromatic N) is 2. The summed E-state index contributed by atoms with van der Waals surface area (Å²) in [5.74, 6) is 2.02. The molecule has 3 heterocycles. The number of aromatic nitrogens is 2. The van der Waals surface area contributed by atoms with Crippen molar-refractivity contribution in [1.82, 2.24) is 9.55 Å². The first-order valence-electron chi connectivity index (χ1n) is 11.5. The summed E-state index contributed by atoms with van der Waals surface area (Å²) < 4.78 is 14.6. The molecule has 3 aromatic carbocycles. The summed E-state index contributed by atoms with van der Waals surface area (Å²) in [5.41, 5.74) is 6.33. The van der Waals surface area contributed by atoms with E-state index >= 15 is 0 Å². The first kappa shape index (κ1) is 22.6. The van der Waals surface area contributed by atoms with E-state index in [4.69, 9.17) is 13.8 Å². The molecule has 0 amide bonds. The summed E-state index contributed by atoms with van der Waals surface area (Å²) in [4.78, 5) is 4.72. The minimum Gasteiger partial charge on any atom is -0.425 e. The fourth-order valence-corrected chi connectivity index (χ4v) is 4.94. The van der Waals surface area contributed by atoms with E-state index in [1.54, 1.807) is 0 Å². The van der Waals surface area contributed by atoms with Crippen LogP contribution in [0.1, 0.15) is 50.7 Å². The summed E-state index contributed by atoms with van der Waals surface area (Å²) in [6.07, 6.45) is 3.92. The Bertz CT molecular complexity index is 1620. The molecule has 0 N–H and O–H groups in total. The maximum absolute atomic E-state index is 6.31. The molecule has 0 saturated heterocycles. The third kappa shape index (κ3) is 3.34. The van der Waals surface area contributed by atoms with Crippen LogP contribution in [0, 0.1) is 6.07 Å². The van der Waals surface area contributed by atoms with Gasteiger partial charge in [0.1, 0.15) is 11.2 Å². The molecule has 4 nitrogen and oxygen atoms in total. The smallest absolute Gasteiger partial charge is 0.299 e. The van der Waals surface area contributed by atoms with Gasteiger partial charge in [-0.1, -0.05) is 45.9 Å². The number of hydrogen-bond acceptors (Lipinski definition) is 3. The van der Waals surface area contributed by atoms with E-state index in [1.807, 2.05) is 42.6 Å². The van der Waals surface area contributed by atoms with Gasteiger partial charge in [-0.3, -0.25) is 4.98 Å². The van der Waals surface area contributed by atoms with Crippen molar-refractivity contribution in [2.45, 2.75) is 39.5 Å². The third-order valence-electron chi connectivity index (χ3n) is 6.38. The molecule has 0 atom stereocenters. The summed E-state index contributed by atoms with van der Waals surface area (Å²) in [6, 6.07) is 21.7. The van der Waals surface area contributed by atoms with Crippen LogP contribution in [0.15, 0.2) is 75.8 Å². The molecule has 0 aliphatic carbocycles. The monoisotopic (exact) mass is 626 g/mol. The molecule has 0 aliphatic heterocycles. The van der Waals surface area contributed by atoms with Crippen LogP contribution >= 0.6 is 0 Å². The van der Waals surface area contributed by atoms with Crippen molar-refractivity contribution in [2.24, 2.45) is 0 Å². The average molecular weight is 626 g/mol. The number of fused-ring (bicyclic) bond motifs is 5. The Morgan fingerprint density at radius 2 is 1.65 bits per heavy atom. The molecule has 0 bridgehead atoms. The van der Waals surface area contributed by atoms with Crippen molar-refractivity contribution in [3.8, 4) is 17.1 Å². The van der Waals surface area contributed by atoms with Crippen LogP contribution in [0.25, 0.3) is 50.2 Å². The number of para-hydroxylation sites is 1. The largest absolute Gasteiger partial charge is 0.425 e. The molecule has 5 heteroatoms. The van der Waals surface area contributed by atoms with Crippen LogP contribution in [-0.4, -0.2) is 9.55 Å². The third-order valence-corrected chi connectivity index (χ3v) is 6.38. The number of hydrogen-bond donors (Lipinski definition) is 0. The standard InChI is InChI=1S/C29H25N2O2.Ir/c1-17(2)21-16-23-26(25-20-12-8-9-13-22(20)32-29(25)33-23)24(18(3)4)27(21)31-15-14-30-28(31)19-10-6-5-7-11-19;/h5-10,12-18H,1-4H3;/q-1;. The maximum atomic E-state index is 6.31. The Hall–Kier alpha value is -3.14. The number of rotatable bonds is 4. The van der Waals surface area contributed by atoms with E-state index in [1.165, 1.54) is 16.8 Å². The Morgan fingerprint density at radius 1 is 0.882 bits per heavy atom. The first-order valence-corrected chi connectivity index (χ1v) is 11.5. The molecule has 0 fully saturated rings. The summed E-state index contributed by atoms with van der Waals surface area (Å²) >= 11 is 0. The van der Waals surface area contributed by atoms with Gasteiger partial charge in [0.2, 0.25) is 0 Å². The molecule has 0 saturated carbocycles. The Labute approximate surface area is 211 Å². The van der Waals surface area contributed by atoms with Crippen LogP contribution in [0.2, 0.25) is 0 Å². The molecule has 6 aromatic rings. The zero-order valence-corrected chi connectivity index (χ0v) is 21.9. The topological polar surface area (TPSA) is 44.1 Å². The van der Waals surface area contributed by atoms with E-state index in [2.05, 4.69) is 62.7 Å². The van der Waals surface area contributed by atoms with Crippen molar-refractivity contribution in [1.29, 1.82) is 0 Å². The quantitative estimate of drug-likeness (QED) is 0.186. The zero-order valence-electron chi connectivity index (χ0n) is 19.5. The Balaban J connectivity index is 0.00000241. The summed E-state index contributed by atoms with van der Waals surface area (Å²) in [6.45, 7) is 8.94. The molecule has 6 rings (SSSR count). The van der Waals surface area contributed by atoms with Gasteiger partial charge in [0.15, 0.2) is 0 Å². The van der Waals surface area contributed by atoms with Gasteiger partial charge in [-0.2, -0.15) is 0 Å². The van der Waals surface area contributed by atoms with Crippen LogP contribution in [0.3, 0.4) is 0 Å². The maximum Gasteiger partial charge on any atom is 0.299 e. The van der Waals surface area contributed by atoms with Gasteiger partial charge in [0, 0.05) is 49.0 Å². The van der Waals surface area contributed by atoms with Crippen molar-refractivity contribution in [3.63, 3.8) is 0 Å². The van der Waals surface area contributed by atoms with Crippen LogP contribution in [-0.2, 0) is 20.1 Å². The molecule has 34 heavy (non-hydrogen) atoms. The van der Waals surface area contributed by atoms with Crippen molar-refractivity contribution in [2.75, 3.05) is 0 Å². The predicted octanol–water partition coefficient (Wildman–Crippen LogP) is 8.23. The van der Waals surface area contributed by atoms with Gasteiger partial charge in [0.25, 0.3) is 5.78 Å². The Kier molecular flexibility index (Phi) is 5.71. The van der Waals surface area contributed by atoms with E-state index in [9.17, 15) is 0 Å². The zero-order chi connectivity index (χ0) is 22.7. The number of benzene rings is 3. The van der Waals surface area contributed by atoms with E-state index in [-0.39, 0.29) is 26.0 Å². The van der Waals surface area contributed by atoms with E-state index < -0.39 is 0 Å². The molecule has 173 valence electrons. The molecule has 3 aromatic heterocycles. The second kappa shape index (κ2) is 8.57. The number of imidazole rings is 1. The second-order valence-electron chi connectivity index (χ2n) is 9.17. The first-order chi connectivity index (χ1) is 16.0. The molecular formula is C29H25IrN2O2-.